The molecule has 0 aliphatic rings. The SMILES string of the molecule is Cc1ccc(-c2cc(-c3ccc(F)cc3)cs2)cc1. The molecular formula is C17H13FS. The number of thiophene rings is 1. The molecular weight excluding hydrogens is 255 g/mol. The third-order valence-electron chi connectivity index (χ3n) is 3.11. The van der Waals surface area contributed by atoms with Gasteiger partial charge in [-0.15, -0.1) is 11.3 Å². The average molecular weight is 268 g/mol. The summed E-state index contributed by atoms with van der Waals surface area (Å²) in [5.41, 5.74) is 4.68. The van der Waals surface area contributed by atoms with Gasteiger partial charge in [-0.1, -0.05) is 42.0 Å². The van der Waals surface area contributed by atoms with E-state index in [1.165, 1.54) is 28.1 Å². The first-order chi connectivity index (χ1) is 9.22. The van der Waals surface area contributed by atoms with E-state index in [0.717, 1.165) is 11.1 Å². The summed E-state index contributed by atoms with van der Waals surface area (Å²) in [4.78, 5) is 1.24. The molecule has 2 heteroatoms. The summed E-state index contributed by atoms with van der Waals surface area (Å²) < 4.78 is 12.9. The minimum atomic E-state index is -0.197. The van der Waals surface area contributed by atoms with E-state index in [-0.39, 0.29) is 5.82 Å². The van der Waals surface area contributed by atoms with Crippen LogP contribution < -0.4 is 0 Å². The lowest BCUT2D eigenvalue weighted by Crippen LogP contribution is -1.76. The minimum absolute atomic E-state index is 0.197. The topological polar surface area (TPSA) is 0 Å². The fraction of sp³-hybridized carbons (Fsp3) is 0.0588. The zero-order valence-electron chi connectivity index (χ0n) is 10.6. The summed E-state index contributed by atoms with van der Waals surface area (Å²) >= 11 is 1.71. The molecule has 0 saturated carbocycles. The number of benzene rings is 2. The Morgan fingerprint density at radius 3 is 2.11 bits per heavy atom. The van der Waals surface area contributed by atoms with Gasteiger partial charge in [0.1, 0.15) is 5.82 Å². The molecule has 3 aromatic rings. The molecule has 0 amide bonds. The van der Waals surface area contributed by atoms with Crippen LogP contribution in [0.4, 0.5) is 4.39 Å². The average Bonchev–Trinajstić information content (AvgIpc) is 2.90. The van der Waals surface area contributed by atoms with Crippen molar-refractivity contribution in [2.75, 3.05) is 0 Å². The minimum Gasteiger partial charge on any atom is -0.207 e. The highest BCUT2D eigenvalue weighted by Gasteiger charge is 2.04. The first kappa shape index (κ1) is 12.1. The van der Waals surface area contributed by atoms with Gasteiger partial charge >= 0.3 is 0 Å². The van der Waals surface area contributed by atoms with Gasteiger partial charge in [-0.3, -0.25) is 0 Å². The predicted octanol–water partition coefficient (Wildman–Crippen LogP) is 5.53. The van der Waals surface area contributed by atoms with Crippen molar-refractivity contribution in [1.29, 1.82) is 0 Å². The van der Waals surface area contributed by atoms with Crippen molar-refractivity contribution in [3.63, 3.8) is 0 Å². The fourth-order valence-corrected chi connectivity index (χ4v) is 2.92. The third kappa shape index (κ3) is 2.59. The Bertz CT molecular complexity index is 618. The van der Waals surface area contributed by atoms with Crippen LogP contribution in [0.2, 0.25) is 0 Å². The summed E-state index contributed by atoms with van der Waals surface area (Å²) in [6.07, 6.45) is 0. The van der Waals surface area contributed by atoms with Crippen molar-refractivity contribution in [1.82, 2.24) is 0 Å². The van der Waals surface area contributed by atoms with Crippen LogP contribution in [-0.2, 0) is 0 Å². The van der Waals surface area contributed by atoms with Crippen LogP contribution in [0.1, 0.15) is 5.56 Å². The van der Waals surface area contributed by atoms with Crippen LogP contribution in [0, 0.1) is 12.7 Å². The van der Waals surface area contributed by atoms with Crippen molar-refractivity contribution in [3.05, 3.63) is 71.4 Å². The highest BCUT2D eigenvalue weighted by atomic mass is 32.1. The Hall–Kier alpha value is -1.93. The molecule has 2 aromatic carbocycles. The maximum atomic E-state index is 12.9. The first-order valence-electron chi connectivity index (χ1n) is 6.14. The van der Waals surface area contributed by atoms with Gasteiger partial charge in [-0.25, -0.2) is 4.39 Å². The second-order valence-corrected chi connectivity index (χ2v) is 5.48. The number of hydrogen-bond acceptors (Lipinski definition) is 1. The number of rotatable bonds is 2. The van der Waals surface area contributed by atoms with Gasteiger partial charge in [0, 0.05) is 4.88 Å². The summed E-state index contributed by atoms with van der Waals surface area (Å²) in [6, 6.07) is 17.3. The highest BCUT2D eigenvalue weighted by Crippen LogP contribution is 2.32. The molecule has 0 radical (unpaired) electrons. The summed E-state index contributed by atoms with van der Waals surface area (Å²) in [6.45, 7) is 2.09. The fourth-order valence-electron chi connectivity index (χ4n) is 2.00. The van der Waals surface area contributed by atoms with Gasteiger partial charge in [0.05, 0.1) is 0 Å². The quantitative estimate of drug-likeness (QED) is 0.573. The number of aryl methyl sites for hydroxylation is 1. The number of halogens is 1. The highest BCUT2D eigenvalue weighted by molar-refractivity contribution is 7.14. The second-order valence-electron chi connectivity index (χ2n) is 4.57. The van der Waals surface area contributed by atoms with E-state index in [1.807, 2.05) is 12.1 Å². The predicted molar refractivity (Wildman–Crippen MR) is 79.9 cm³/mol. The van der Waals surface area contributed by atoms with Crippen LogP contribution in [0.3, 0.4) is 0 Å². The molecule has 0 spiro atoms. The number of hydrogen-bond donors (Lipinski definition) is 0. The van der Waals surface area contributed by atoms with Gasteiger partial charge in [-0.05, 0) is 47.2 Å². The zero-order valence-corrected chi connectivity index (χ0v) is 11.4. The smallest absolute Gasteiger partial charge is 0.123 e. The Kier molecular flexibility index (Phi) is 3.18. The molecule has 1 heterocycles. The van der Waals surface area contributed by atoms with Gasteiger partial charge in [0.2, 0.25) is 0 Å². The van der Waals surface area contributed by atoms with E-state index >= 15 is 0 Å². The summed E-state index contributed by atoms with van der Waals surface area (Å²) in [5.74, 6) is -0.197. The standard InChI is InChI=1S/C17H13FS/c1-12-2-4-14(5-3-12)17-10-15(11-19-17)13-6-8-16(18)9-7-13/h2-11H,1H3. The molecule has 0 bridgehead atoms. The van der Waals surface area contributed by atoms with E-state index in [2.05, 4.69) is 42.6 Å². The van der Waals surface area contributed by atoms with E-state index in [0.29, 0.717) is 0 Å². The van der Waals surface area contributed by atoms with Crippen molar-refractivity contribution in [3.8, 4) is 21.6 Å². The molecule has 0 saturated heterocycles. The monoisotopic (exact) mass is 268 g/mol. The van der Waals surface area contributed by atoms with Crippen LogP contribution in [0.25, 0.3) is 21.6 Å². The maximum absolute atomic E-state index is 12.9. The van der Waals surface area contributed by atoms with Crippen LogP contribution in [0.5, 0.6) is 0 Å². The molecule has 0 nitrogen and oxygen atoms in total. The van der Waals surface area contributed by atoms with Gasteiger partial charge < -0.3 is 0 Å². The van der Waals surface area contributed by atoms with Crippen molar-refractivity contribution >= 4 is 11.3 Å². The van der Waals surface area contributed by atoms with Crippen molar-refractivity contribution in [2.24, 2.45) is 0 Å². The Morgan fingerprint density at radius 1 is 0.789 bits per heavy atom. The van der Waals surface area contributed by atoms with Gasteiger partial charge in [-0.2, -0.15) is 0 Å². The molecule has 1 aromatic heterocycles. The first-order valence-corrected chi connectivity index (χ1v) is 7.02. The lowest BCUT2D eigenvalue weighted by atomic mass is 10.1. The van der Waals surface area contributed by atoms with Crippen LogP contribution >= 0.6 is 11.3 Å². The molecule has 0 aliphatic carbocycles. The molecule has 0 atom stereocenters. The normalized spacial score (nSPS) is 10.6. The van der Waals surface area contributed by atoms with E-state index < -0.39 is 0 Å². The summed E-state index contributed by atoms with van der Waals surface area (Å²) in [5, 5.41) is 2.11. The molecule has 0 N–H and O–H groups in total. The largest absolute Gasteiger partial charge is 0.207 e. The van der Waals surface area contributed by atoms with Crippen molar-refractivity contribution < 1.29 is 4.39 Å². The lowest BCUT2D eigenvalue weighted by Gasteiger charge is -1.98. The maximum Gasteiger partial charge on any atom is 0.123 e. The zero-order chi connectivity index (χ0) is 13.2. The van der Waals surface area contributed by atoms with Crippen molar-refractivity contribution in [2.45, 2.75) is 6.92 Å². The molecule has 0 fully saturated rings. The Balaban J connectivity index is 1.95. The van der Waals surface area contributed by atoms with E-state index in [4.69, 9.17) is 0 Å². The van der Waals surface area contributed by atoms with Crippen LogP contribution in [0.15, 0.2) is 60.0 Å². The lowest BCUT2D eigenvalue weighted by molar-refractivity contribution is 0.628. The molecule has 19 heavy (non-hydrogen) atoms. The molecule has 3 rings (SSSR count). The Labute approximate surface area is 116 Å². The van der Waals surface area contributed by atoms with E-state index in [1.54, 1.807) is 11.3 Å². The van der Waals surface area contributed by atoms with Crippen LogP contribution in [-0.4, -0.2) is 0 Å². The van der Waals surface area contributed by atoms with Gasteiger partial charge in [0.25, 0.3) is 0 Å². The van der Waals surface area contributed by atoms with Gasteiger partial charge in [0.15, 0.2) is 0 Å². The van der Waals surface area contributed by atoms with E-state index in [9.17, 15) is 4.39 Å². The second kappa shape index (κ2) is 4.98. The Morgan fingerprint density at radius 2 is 1.42 bits per heavy atom. The molecule has 94 valence electrons. The molecule has 0 unspecified atom stereocenters. The third-order valence-corrected chi connectivity index (χ3v) is 4.09. The summed E-state index contributed by atoms with van der Waals surface area (Å²) in [7, 11) is 0. The molecule has 0 aliphatic heterocycles.